The van der Waals surface area contributed by atoms with Gasteiger partial charge in [0.15, 0.2) is 5.72 Å². The van der Waals surface area contributed by atoms with E-state index in [0.29, 0.717) is 10.7 Å². The number of nitrogens with zero attached hydrogens (tertiary/aromatic N) is 2. The molecule has 1 atom stereocenters. The van der Waals surface area contributed by atoms with Gasteiger partial charge in [0.2, 0.25) is 0 Å². The number of carbonyl (C=O) groups excluding carboxylic acids is 1. The monoisotopic (exact) mass is 524 g/mol. The van der Waals surface area contributed by atoms with Crippen LogP contribution in [-0.4, -0.2) is 38.8 Å². The van der Waals surface area contributed by atoms with Crippen molar-refractivity contribution in [2.45, 2.75) is 25.9 Å². The zero-order valence-electron chi connectivity index (χ0n) is 20.5. The number of aryl methyl sites for hydroxylation is 1. The van der Waals surface area contributed by atoms with Gasteiger partial charge in [-0.1, -0.05) is 41.4 Å². The summed E-state index contributed by atoms with van der Waals surface area (Å²) in [6.07, 6.45) is -4.90. The molecule has 0 spiro atoms. The number of methoxy groups -OCH3 is 1. The Balaban J connectivity index is 0.00000145. The van der Waals surface area contributed by atoms with Crippen LogP contribution >= 0.6 is 11.6 Å². The Kier molecular flexibility index (Phi) is 9.75. The molecular formula is C26H28ClF3N2O4. The Labute approximate surface area is 213 Å². The lowest BCUT2D eigenvalue weighted by atomic mass is 10.0. The number of rotatable bonds is 5. The normalized spacial score (nSPS) is 12.6. The van der Waals surface area contributed by atoms with Crippen LogP contribution in [-0.2, 0) is 10.5 Å². The van der Waals surface area contributed by atoms with Gasteiger partial charge in [0.1, 0.15) is 5.75 Å². The first-order valence-electron chi connectivity index (χ1n) is 10.7. The van der Waals surface area contributed by atoms with Crippen molar-refractivity contribution in [3.63, 3.8) is 0 Å². The lowest BCUT2D eigenvalue weighted by Crippen LogP contribution is -2.53. The molecule has 6 nitrogen and oxygen atoms in total. The predicted molar refractivity (Wildman–Crippen MR) is 135 cm³/mol. The molecule has 3 rings (SSSR count). The first-order valence-corrected chi connectivity index (χ1v) is 11.1. The second-order valence-corrected chi connectivity index (χ2v) is 8.43. The molecule has 0 saturated carbocycles. The fraction of sp³-hybridized carbons (Fsp3) is 0.269. The van der Waals surface area contributed by atoms with E-state index in [0.717, 1.165) is 22.6 Å². The maximum Gasteiger partial charge on any atom is 0.573 e. The molecule has 0 radical (unpaired) electrons. The summed E-state index contributed by atoms with van der Waals surface area (Å²) in [6, 6.07) is 17.6. The topological polar surface area (TPSA) is 62.2 Å². The van der Waals surface area contributed by atoms with E-state index >= 15 is 0 Å². The molecule has 3 aromatic rings. The van der Waals surface area contributed by atoms with Crippen LogP contribution in [0.1, 0.15) is 18.1 Å². The number of benzene rings is 3. The van der Waals surface area contributed by atoms with E-state index in [1.54, 1.807) is 38.5 Å². The number of alkyl halides is 3. The summed E-state index contributed by atoms with van der Waals surface area (Å²) in [5.41, 5.74) is -0.174. The molecule has 3 aromatic carbocycles. The standard InChI is InChI=1S/C24H22ClF3N2O3.C2H6O/c1-16-7-11-19(12-8-16)29(3)22(31)30(20-13-9-18(25)10-14-20)23(2,32)17-5-4-6-21(15-17)33-24(26,27)28;1-3-2/h4-15,32H,1-3H3;1-2H3. The van der Waals surface area contributed by atoms with Crippen LogP contribution in [0.3, 0.4) is 0 Å². The van der Waals surface area contributed by atoms with E-state index in [9.17, 15) is 23.1 Å². The van der Waals surface area contributed by atoms with Crippen LogP contribution in [0.5, 0.6) is 5.75 Å². The van der Waals surface area contributed by atoms with Gasteiger partial charge >= 0.3 is 12.4 Å². The minimum atomic E-state index is -4.90. The van der Waals surface area contributed by atoms with E-state index < -0.39 is 23.9 Å². The van der Waals surface area contributed by atoms with Crippen molar-refractivity contribution in [1.29, 1.82) is 0 Å². The SMILES string of the molecule is COC.Cc1ccc(N(C)C(=O)N(c2ccc(Cl)cc2)C(C)(O)c2cccc(OC(F)(F)F)c2)cc1. The van der Waals surface area contributed by atoms with Crippen LogP contribution in [0.15, 0.2) is 72.8 Å². The fourth-order valence-electron chi connectivity index (χ4n) is 3.28. The first kappa shape index (κ1) is 29.0. The van der Waals surface area contributed by atoms with Gasteiger partial charge in [0.25, 0.3) is 0 Å². The molecule has 2 amide bonds. The molecule has 0 fully saturated rings. The molecule has 0 aliphatic carbocycles. The van der Waals surface area contributed by atoms with E-state index in [1.807, 2.05) is 19.1 Å². The second kappa shape index (κ2) is 12.1. The lowest BCUT2D eigenvalue weighted by molar-refractivity contribution is -0.274. The Bertz CT molecular complexity index is 1140. The third-order valence-electron chi connectivity index (χ3n) is 5.03. The highest BCUT2D eigenvalue weighted by molar-refractivity contribution is 6.30. The summed E-state index contributed by atoms with van der Waals surface area (Å²) in [5, 5.41) is 11.9. The van der Waals surface area contributed by atoms with Crippen molar-refractivity contribution >= 4 is 29.0 Å². The quantitative estimate of drug-likeness (QED) is 0.376. The van der Waals surface area contributed by atoms with Crippen molar-refractivity contribution in [3.8, 4) is 5.75 Å². The summed E-state index contributed by atoms with van der Waals surface area (Å²) in [6.45, 7) is 3.22. The van der Waals surface area contributed by atoms with E-state index in [1.165, 1.54) is 43.1 Å². The van der Waals surface area contributed by atoms with Crippen molar-refractivity contribution < 1.29 is 32.5 Å². The van der Waals surface area contributed by atoms with Crippen molar-refractivity contribution in [2.24, 2.45) is 0 Å². The minimum absolute atomic E-state index is 0.0184. The molecule has 1 N–H and O–H groups in total. The maximum absolute atomic E-state index is 13.6. The van der Waals surface area contributed by atoms with Crippen LogP contribution in [0.4, 0.5) is 29.3 Å². The summed E-state index contributed by atoms with van der Waals surface area (Å²) in [7, 11) is 4.79. The average molecular weight is 525 g/mol. The van der Waals surface area contributed by atoms with Crippen LogP contribution in [0.25, 0.3) is 0 Å². The van der Waals surface area contributed by atoms with Gasteiger partial charge in [-0.15, -0.1) is 13.2 Å². The van der Waals surface area contributed by atoms with Crippen molar-refractivity contribution in [1.82, 2.24) is 0 Å². The largest absolute Gasteiger partial charge is 0.573 e. The third kappa shape index (κ3) is 7.61. The van der Waals surface area contributed by atoms with E-state index in [2.05, 4.69) is 9.47 Å². The average Bonchev–Trinajstić information content (AvgIpc) is 2.80. The molecule has 1 unspecified atom stereocenters. The number of aliphatic hydroxyl groups is 1. The lowest BCUT2D eigenvalue weighted by Gasteiger charge is -2.39. The number of amides is 2. The fourth-order valence-corrected chi connectivity index (χ4v) is 3.41. The number of ether oxygens (including phenoxy) is 2. The van der Waals surface area contributed by atoms with Crippen LogP contribution in [0, 0.1) is 6.92 Å². The van der Waals surface area contributed by atoms with Gasteiger partial charge in [-0.3, -0.25) is 9.80 Å². The van der Waals surface area contributed by atoms with Crippen molar-refractivity contribution in [3.05, 3.63) is 88.9 Å². The molecular weight excluding hydrogens is 497 g/mol. The Morgan fingerprint density at radius 1 is 0.944 bits per heavy atom. The summed E-state index contributed by atoms with van der Waals surface area (Å²) < 4.78 is 46.4. The molecule has 10 heteroatoms. The van der Waals surface area contributed by atoms with Gasteiger partial charge in [-0.2, -0.15) is 0 Å². The third-order valence-corrected chi connectivity index (χ3v) is 5.29. The van der Waals surface area contributed by atoms with E-state index in [4.69, 9.17) is 11.6 Å². The molecule has 0 bridgehead atoms. The number of hydrogen-bond acceptors (Lipinski definition) is 4. The highest BCUT2D eigenvalue weighted by atomic mass is 35.5. The predicted octanol–water partition coefficient (Wildman–Crippen LogP) is 6.74. The van der Waals surface area contributed by atoms with Crippen LogP contribution in [0.2, 0.25) is 5.02 Å². The van der Waals surface area contributed by atoms with E-state index in [-0.39, 0.29) is 11.3 Å². The van der Waals surface area contributed by atoms with Gasteiger partial charge in [0.05, 0.1) is 0 Å². The Morgan fingerprint density at radius 2 is 1.47 bits per heavy atom. The van der Waals surface area contributed by atoms with Crippen LogP contribution < -0.4 is 14.5 Å². The number of hydrogen-bond donors (Lipinski definition) is 1. The number of carbonyl (C=O) groups is 1. The van der Waals surface area contributed by atoms with Gasteiger partial charge in [-0.05, 0) is 62.4 Å². The highest BCUT2D eigenvalue weighted by Gasteiger charge is 2.39. The molecule has 0 heterocycles. The highest BCUT2D eigenvalue weighted by Crippen LogP contribution is 2.35. The maximum atomic E-state index is 13.6. The number of halogens is 4. The van der Waals surface area contributed by atoms with Gasteiger partial charge in [0, 0.05) is 43.2 Å². The molecule has 0 aromatic heterocycles. The number of anilines is 2. The summed E-state index contributed by atoms with van der Waals surface area (Å²) >= 11 is 5.98. The van der Waals surface area contributed by atoms with Gasteiger partial charge in [-0.25, -0.2) is 4.79 Å². The molecule has 0 aliphatic heterocycles. The minimum Gasteiger partial charge on any atom is -0.406 e. The Morgan fingerprint density at radius 3 is 2.00 bits per heavy atom. The molecule has 0 aliphatic rings. The van der Waals surface area contributed by atoms with Gasteiger partial charge < -0.3 is 14.6 Å². The summed E-state index contributed by atoms with van der Waals surface area (Å²) in [4.78, 5) is 16.0. The Hall–Kier alpha value is -3.27. The van der Waals surface area contributed by atoms with Crippen molar-refractivity contribution in [2.75, 3.05) is 31.1 Å². The number of urea groups is 1. The summed E-state index contributed by atoms with van der Waals surface area (Å²) in [5.74, 6) is -0.518. The smallest absolute Gasteiger partial charge is 0.406 e. The molecule has 0 saturated heterocycles. The first-order chi connectivity index (χ1) is 16.8. The second-order valence-electron chi connectivity index (χ2n) is 7.99. The molecule has 36 heavy (non-hydrogen) atoms. The zero-order valence-corrected chi connectivity index (χ0v) is 21.3. The zero-order chi connectivity index (χ0) is 27.1. The molecule has 194 valence electrons.